The van der Waals surface area contributed by atoms with Gasteiger partial charge in [-0.2, -0.15) is 0 Å². The van der Waals surface area contributed by atoms with Gasteiger partial charge in [0.15, 0.2) is 5.13 Å². The highest BCUT2D eigenvalue weighted by atomic mass is 35.5. The molecule has 0 spiro atoms. The first-order chi connectivity index (χ1) is 13.9. The number of carbonyl (C=O) groups excluding carboxylic acids is 1. The smallest absolute Gasteiger partial charge is 0.243 e. The van der Waals surface area contributed by atoms with Gasteiger partial charge in [0.25, 0.3) is 0 Å². The van der Waals surface area contributed by atoms with Crippen LogP contribution in [0.5, 0.6) is 0 Å². The van der Waals surface area contributed by atoms with E-state index in [0.717, 1.165) is 31.1 Å². The van der Waals surface area contributed by atoms with Gasteiger partial charge in [0.1, 0.15) is 4.90 Å². The summed E-state index contributed by atoms with van der Waals surface area (Å²) >= 11 is 13.5. The molecule has 2 N–H and O–H groups in total. The molecule has 1 aliphatic heterocycles. The Kier molecular flexibility index (Phi) is 7.75. The molecular formula is C18H22Cl2N4O3S2. The second-order valence-corrected chi connectivity index (χ2v) is 10.2. The van der Waals surface area contributed by atoms with Crippen molar-refractivity contribution >= 4 is 55.6 Å². The zero-order valence-corrected chi connectivity index (χ0v) is 18.8. The largest absolute Gasteiger partial charge is 0.356 e. The van der Waals surface area contributed by atoms with Crippen LogP contribution in [-0.4, -0.2) is 45.5 Å². The molecule has 1 aliphatic rings. The third-order valence-electron chi connectivity index (χ3n) is 4.63. The van der Waals surface area contributed by atoms with E-state index in [2.05, 4.69) is 19.9 Å². The first-order valence-corrected chi connectivity index (χ1v) is 12.3. The van der Waals surface area contributed by atoms with E-state index < -0.39 is 10.0 Å². The van der Waals surface area contributed by atoms with Gasteiger partial charge in [-0.3, -0.25) is 4.79 Å². The summed E-state index contributed by atoms with van der Waals surface area (Å²) < 4.78 is 27.2. The van der Waals surface area contributed by atoms with Crippen molar-refractivity contribution in [2.45, 2.75) is 24.2 Å². The van der Waals surface area contributed by atoms with Crippen molar-refractivity contribution in [3.05, 3.63) is 39.8 Å². The average Bonchev–Trinajstić information content (AvgIpc) is 3.21. The van der Waals surface area contributed by atoms with E-state index in [-0.39, 0.29) is 33.8 Å². The number of hydrogen-bond acceptors (Lipinski definition) is 6. The molecule has 3 rings (SSSR count). The maximum Gasteiger partial charge on any atom is 0.243 e. The van der Waals surface area contributed by atoms with Crippen molar-refractivity contribution in [2.24, 2.45) is 5.92 Å². The van der Waals surface area contributed by atoms with Crippen molar-refractivity contribution in [2.75, 3.05) is 31.1 Å². The van der Waals surface area contributed by atoms with E-state index in [1.54, 1.807) is 23.6 Å². The predicted octanol–water partition coefficient (Wildman–Crippen LogP) is 3.15. The summed E-state index contributed by atoms with van der Waals surface area (Å²) in [5.41, 5.74) is 0. The minimum Gasteiger partial charge on any atom is -0.356 e. The average molecular weight is 477 g/mol. The number of benzene rings is 1. The number of halogens is 2. The molecule has 1 saturated heterocycles. The summed E-state index contributed by atoms with van der Waals surface area (Å²) in [5, 5.41) is 5.94. The molecule has 7 nitrogen and oxygen atoms in total. The number of amides is 1. The molecule has 1 atom stereocenters. The Morgan fingerprint density at radius 3 is 2.76 bits per heavy atom. The van der Waals surface area contributed by atoms with Crippen molar-refractivity contribution in [3.8, 4) is 0 Å². The fourth-order valence-electron chi connectivity index (χ4n) is 3.23. The maximum absolute atomic E-state index is 12.4. The molecular weight excluding hydrogens is 455 g/mol. The molecule has 1 aromatic carbocycles. The summed E-state index contributed by atoms with van der Waals surface area (Å²) in [4.78, 5) is 18.5. The first kappa shape index (κ1) is 22.3. The molecule has 2 heterocycles. The molecule has 1 fully saturated rings. The number of nitrogens with one attached hydrogen (secondary N) is 2. The Bertz CT molecular complexity index is 918. The number of piperidine rings is 1. The number of rotatable bonds is 8. The van der Waals surface area contributed by atoms with Gasteiger partial charge in [0.05, 0.1) is 10.0 Å². The number of anilines is 1. The third-order valence-corrected chi connectivity index (χ3v) is 7.88. The van der Waals surface area contributed by atoms with Crippen LogP contribution in [0.4, 0.5) is 5.13 Å². The lowest BCUT2D eigenvalue weighted by Gasteiger charge is -2.32. The molecule has 11 heteroatoms. The molecule has 0 aliphatic carbocycles. The van der Waals surface area contributed by atoms with E-state index in [4.69, 9.17) is 23.2 Å². The van der Waals surface area contributed by atoms with E-state index in [9.17, 15) is 13.2 Å². The van der Waals surface area contributed by atoms with Crippen LogP contribution in [0, 0.1) is 5.92 Å². The highest BCUT2D eigenvalue weighted by Crippen LogP contribution is 2.28. The first-order valence-electron chi connectivity index (χ1n) is 9.21. The monoisotopic (exact) mass is 476 g/mol. The van der Waals surface area contributed by atoms with Gasteiger partial charge >= 0.3 is 0 Å². The predicted molar refractivity (Wildman–Crippen MR) is 116 cm³/mol. The Hall–Kier alpha value is -1.39. The third kappa shape index (κ3) is 6.05. The van der Waals surface area contributed by atoms with Crippen LogP contribution in [0.3, 0.4) is 0 Å². The summed E-state index contributed by atoms with van der Waals surface area (Å²) in [5.74, 6) is 0.138. The quantitative estimate of drug-likeness (QED) is 0.610. The summed E-state index contributed by atoms with van der Waals surface area (Å²) in [6.45, 7) is 2.35. The number of carbonyl (C=O) groups is 1. The molecule has 158 valence electrons. The topological polar surface area (TPSA) is 91.4 Å². The van der Waals surface area contributed by atoms with Gasteiger partial charge in [-0.25, -0.2) is 18.1 Å². The number of hydrogen-bond donors (Lipinski definition) is 2. The number of nitrogens with zero attached hydrogens (tertiary/aromatic N) is 2. The highest BCUT2D eigenvalue weighted by molar-refractivity contribution is 7.89. The standard InChI is InChI=1S/C18H22Cl2N4O3S2/c19-14-4-1-5-15(20)17(14)29(26,27)23-7-6-16(25)22-11-13-3-2-9-24(12-13)18-21-8-10-28-18/h1,4-5,8,10,13,23H,2-3,6-7,9,11-12H2,(H,22,25). The summed E-state index contributed by atoms with van der Waals surface area (Å²) in [6.07, 6.45) is 3.92. The minimum absolute atomic E-state index is 0.0320. The molecule has 0 radical (unpaired) electrons. The molecule has 1 unspecified atom stereocenters. The van der Waals surface area contributed by atoms with Crippen molar-refractivity contribution < 1.29 is 13.2 Å². The fraction of sp³-hybridized carbons (Fsp3) is 0.444. The lowest BCUT2D eigenvalue weighted by Crippen LogP contribution is -2.41. The highest BCUT2D eigenvalue weighted by Gasteiger charge is 2.23. The van der Waals surface area contributed by atoms with Crippen LogP contribution in [0.2, 0.25) is 10.0 Å². The van der Waals surface area contributed by atoms with Gasteiger partial charge in [0.2, 0.25) is 15.9 Å². The number of sulfonamides is 1. The maximum atomic E-state index is 12.4. The van der Waals surface area contributed by atoms with Crippen molar-refractivity contribution in [3.63, 3.8) is 0 Å². The second kappa shape index (κ2) is 10.1. The van der Waals surface area contributed by atoms with Gasteiger partial charge in [-0.05, 0) is 30.9 Å². The van der Waals surface area contributed by atoms with E-state index in [1.807, 2.05) is 5.38 Å². The van der Waals surface area contributed by atoms with Gasteiger partial charge in [-0.1, -0.05) is 29.3 Å². The van der Waals surface area contributed by atoms with Crippen LogP contribution >= 0.6 is 34.5 Å². The lowest BCUT2D eigenvalue weighted by atomic mass is 9.98. The number of aromatic nitrogens is 1. The SMILES string of the molecule is O=C(CCNS(=O)(=O)c1c(Cl)cccc1Cl)NCC1CCCN(c2nccs2)C1. The zero-order chi connectivity index (χ0) is 20.9. The zero-order valence-electron chi connectivity index (χ0n) is 15.6. The molecule has 1 aromatic heterocycles. The van der Waals surface area contributed by atoms with Crippen molar-refractivity contribution in [1.29, 1.82) is 0 Å². The van der Waals surface area contributed by atoms with E-state index in [1.165, 1.54) is 12.1 Å². The normalized spacial score (nSPS) is 17.3. The molecule has 1 amide bonds. The van der Waals surface area contributed by atoms with E-state index >= 15 is 0 Å². The van der Waals surface area contributed by atoms with Crippen LogP contribution < -0.4 is 14.9 Å². The summed E-state index contributed by atoms with van der Waals surface area (Å²) in [6, 6.07) is 4.47. The van der Waals surface area contributed by atoms with Crippen LogP contribution in [0.25, 0.3) is 0 Å². The number of thiazole rings is 1. The van der Waals surface area contributed by atoms with Crippen LogP contribution in [-0.2, 0) is 14.8 Å². The van der Waals surface area contributed by atoms with Gasteiger partial charge in [0, 0.05) is 44.2 Å². The Balaban J connectivity index is 1.43. The molecule has 2 aromatic rings. The minimum atomic E-state index is -3.89. The van der Waals surface area contributed by atoms with Crippen LogP contribution in [0.15, 0.2) is 34.7 Å². The fourth-order valence-corrected chi connectivity index (χ4v) is 6.09. The summed E-state index contributed by atoms with van der Waals surface area (Å²) in [7, 11) is -3.89. The second-order valence-electron chi connectivity index (χ2n) is 6.77. The van der Waals surface area contributed by atoms with Crippen molar-refractivity contribution in [1.82, 2.24) is 15.0 Å². The molecule has 0 bridgehead atoms. The Labute approximate surface area is 184 Å². The molecule has 29 heavy (non-hydrogen) atoms. The van der Waals surface area contributed by atoms with E-state index in [0.29, 0.717) is 12.5 Å². The van der Waals surface area contributed by atoms with Gasteiger partial charge < -0.3 is 10.2 Å². The van der Waals surface area contributed by atoms with Crippen LogP contribution in [0.1, 0.15) is 19.3 Å². The molecule has 0 saturated carbocycles. The van der Waals surface area contributed by atoms with Gasteiger partial charge in [-0.15, -0.1) is 11.3 Å². The Morgan fingerprint density at radius 1 is 1.31 bits per heavy atom. The Morgan fingerprint density at radius 2 is 2.07 bits per heavy atom. The lowest BCUT2D eigenvalue weighted by molar-refractivity contribution is -0.121.